The molecular weight excluding hydrogens is 260 g/mol. The highest BCUT2D eigenvalue weighted by Crippen LogP contribution is 2.16. The number of hydrogen-bond donors (Lipinski definition) is 1. The van der Waals surface area contributed by atoms with E-state index < -0.39 is 0 Å². The summed E-state index contributed by atoms with van der Waals surface area (Å²) in [4.78, 5) is 0. The van der Waals surface area contributed by atoms with Gasteiger partial charge in [-0.25, -0.2) is 0 Å². The van der Waals surface area contributed by atoms with Crippen LogP contribution >= 0.6 is 0 Å². The Morgan fingerprint density at radius 2 is 1.81 bits per heavy atom. The molecule has 0 aromatic heterocycles. The van der Waals surface area contributed by atoms with E-state index in [4.69, 9.17) is 15.7 Å². The summed E-state index contributed by atoms with van der Waals surface area (Å²) in [6.45, 7) is 0.794. The average molecular weight is 276 g/mol. The molecule has 0 radical (unpaired) electrons. The van der Waals surface area contributed by atoms with E-state index in [0.717, 1.165) is 22.4 Å². The van der Waals surface area contributed by atoms with Crippen molar-refractivity contribution >= 4 is 0 Å². The van der Waals surface area contributed by atoms with Gasteiger partial charge in [-0.2, -0.15) is 5.26 Å². The smallest absolute Gasteiger partial charge is 0.119 e. The monoisotopic (exact) mass is 276 g/mol. The number of nitrogens with two attached hydrogens (primary N) is 1. The number of ether oxygens (including phenoxy) is 1. The molecule has 2 aromatic carbocycles. The van der Waals surface area contributed by atoms with E-state index >= 15 is 0 Å². The fraction of sp³-hybridized carbons (Fsp3) is 0.167. The zero-order chi connectivity index (χ0) is 14.9. The van der Waals surface area contributed by atoms with E-state index in [-0.39, 0.29) is 0 Å². The molecule has 0 aliphatic carbocycles. The van der Waals surface area contributed by atoms with Crippen LogP contribution in [0.25, 0.3) is 0 Å². The molecule has 0 heterocycles. The average Bonchev–Trinajstić information content (AvgIpc) is 2.53. The number of hydrogen-bond acceptors (Lipinski definition) is 3. The molecule has 0 bridgehead atoms. The van der Waals surface area contributed by atoms with Crippen LogP contribution in [0.3, 0.4) is 0 Å². The Kier molecular flexibility index (Phi) is 5.41. The lowest BCUT2D eigenvalue weighted by Gasteiger charge is -2.08. The predicted octanol–water partition coefficient (Wildman–Crippen LogP) is 2.64. The quantitative estimate of drug-likeness (QED) is 0.873. The van der Waals surface area contributed by atoms with Crippen molar-refractivity contribution in [1.82, 2.24) is 0 Å². The fourth-order valence-corrected chi connectivity index (χ4v) is 1.87. The van der Waals surface area contributed by atoms with Gasteiger partial charge in [0.25, 0.3) is 0 Å². The summed E-state index contributed by atoms with van der Waals surface area (Å²) >= 11 is 0. The highest BCUT2D eigenvalue weighted by molar-refractivity contribution is 5.41. The summed E-state index contributed by atoms with van der Waals surface area (Å²) in [6.07, 6.45) is 0.414. The molecule has 0 aliphatic rings. The molecule has 3 nitrogen and oxygen atoms in total. The fourth-order valence-electron chi connectivity index (χ4n) is 1.87. The second-order valence-electron chi connectivity index (χ2n) is 4.43. The first kappa shape index (κ1) is 14.7. The van der Waals surface area contributed by atoms with Gasteiger partial charge in [-0.05, 0) is 23.8 Å². The van der Waals surface area contributed by atoms with Crippen LogP contribution in [-0.2, 0) is 13.0 Å². The molecule has 2 rings (SSSR count). The van der Waals surface area contributed by atoms with Crippen molar-refractivity contribution in [2.24, 2.45) is 5.73 Å². The molecule has 21 heavy (non-hydrogen) atoms. The Labute approximate surface area is 125 Å². The topological polar surface area (TPSA) is 59.0 Å². The largest absolute Gasteiger partial charge is 0.489 e. The van der Waals surface area contributed by atoms with E-state index in [1.165, 1.54) is 0 Å². The van der Waals surface area contributed by atoms with Crippen molar-refractivity contribution in [2.45, 2.75) is 13.0 Å². The summed E-state index contributed by atoms with van der Waals surface area (Å²) in [5.74, 6) is 6.68. The highest BCUT2D eigenvalue weighted by Gasteiger charge is 2.01. The number of nitrogens with zero attached hydrogens (tertiary/aromatic N) is 1. The van der Waals surface area contributed by atoms with Crippen LogP contribution < -0.4 is 10.5 Å². The number of nitriles is 1. The third kappa shape index (κ3) is 4.38. The van der Waals surface area contributed by atoms with Gasteiger partial charge in [0.05, 0.1) is 19.0 Å². The molecule has 0 aliphatic heterocycles. The Morgan fingerprint density at radius 3 is 2.52 bits per heavy atom. The minimum absolute atomic E-state index is 0.343. The SMILES string of the molecule is N#CCc1ccc(OCc2ccccc2C#CCN)cc1. The maximum Gasteiger partial charge on any atom is 0.119 e. The minimum Gasteiger partial charge on any atom is -0.489 e. The molecule has 0 atom stereocenters. The Bertz CT molecular complexity index is 688. The van der Waals surface area contributed by atoms with Gasteiger partial charge in [-0.1, -0.05) is 42.2 Å². The van der Waals surface area contributed by atoms with E-state index in [9.17, 15) is 0 Å². The van der Waals surface area contributed by atoms with Crippen molar-refractivity contribution < 1.29 is 4.74 Å². The molecule has 104 valence electrons. The summed E-state index contributed by atoms with van der Waals surface area (Å²) < 4.78 is 5.76. The number of benzene rings is 2. The molecule has 0 unspecified atom stereocenters. The van der Waals surface area contributed by atoms with E-state index in [0.29, 0.717) is 19.6 Å². The van der Waals surface area contributed by atoms with Crippen LogP contribution in [0.15, 0.2) is 48.5 Å². The maximum absolute atomic E-state index is 8.64. The van der Waals surface area contributed by atoms with Gasteiger partial charge in [0.1, 0.15) is 12.4 Å². The molecule has 0 fully saturated rings. The molecule has 2 N–H and O–H groups in total. The van der Waals surface area contributed by atoms with Gasteiger partial charge in [0.15, 0.2) is 0 Å². The molecular formula is C18H16N2O. The van der Waals surface area contributed by atoms with Crippen molar-refractivity contribution in [1.29, 1.82) is 5.26 Å². The van der Waals surface area contributed by atoms with Crippen molar-refractivity contribution in [3.05, 3.63) is 65.2 Å². The predicted molar refractivity (Wildman–Crippen MR) is 82.5 cm³/mol. The Hall–Kier alpha value is -2.75. The zero-order valence-corrected chi connectivity index (χ0v) is 11.7. The third-order valence-corrected chi connectivity index (χ3v) is 2.94. The third-order valence-electron chi connectivity index (χ3n) is 2.94. The highest BCUT2D eigenvalue weighted by atomic mass is 16.5. The molecule has 2 aromatic rings. The van der Waals surface area contributed by atoms with Crippen LogP contribution in [0.4, 0.5) is 0 Å². The van der Waals surface area contributed by atoms with Crippen LogP contribution in [0, 0.1) is 23.2 Å². The van der Waals surface area contributed by atoms with Gasteiger partial charge in [0.2, 0.25) is 0 Å². The lowest BCUT2D eigenvalue weighted by Crippen LogP contribution is -1.99. The molecule has 0 amide bonds. The van der Waals surface area contributed by atoms with Crippen LogP contribution in [0.5, 0.6) is 5.75 Å². The second kappa shape index (κ2) is 7.75. The number of rotatable bonds is 4. The van der Waals surface area contributed by atoms with E-state index in [2.05, 4.69) is 17.9 Å². The molecule has 3 heteroatoms. The van der Waals surface area contributed by atoms with Crippen LogP contribution in [0.2, 0.25) is 0 Å². The van der Waals surface area contributed by atoms with Crippen LogP contribution in [-0.4, -0.2) is 6.54 Å². The van der Waals surface area contributed by atoms with Crippen LogP contribution in [0.1, 0.15) is 16.7 Å². The lowest BCUT2D eigenvalue weighted by molar-refractivity contribution is 0.306. The zero-order valence-electron chi connectivity index (χ0n) is 11.7. The maximum atomic E-state index is 8.64. The van der Waals surface area contributed by atoms with Gasteiger partial charge in [-0.3, -0.25) is 0 Å². The molecule has 0 spiro atoms. The standard InChI is InChI=1S/C18H16N2O/c19-12-3-6-16-4-1-2-5-17(16)14-21-18-9-7-15(8-10-18)11-13-20/h1-2,4-5,7-10H,11-12,14,19H2. The Morgan fingerprint density at radius 1 is 1.05 bits per heavy atom. The van der Waals surface area contributed by atoms with Gasteiger partial charge in [0, 0.05) is 11.1 Å². The second-order valence-corrected chi connectivity index (χ2v) is 4.43. The first-order valence-corrected chi connectivity index (χ1v) is 6.69. The van der Waals surface area contributed by atoms with Gasteiger partial charge < -0.3 is 10.5 Å². The van der Waals surface area contributed by atoms with Gasteiger partial charge in [-0.15, -0.1) is 0 Å². The van der Waals surface area contributed by atoms with Crippen molar-refractivity contribution in [3.8, 4) is 23.7 Å². The summed E-state index contributed by atoms with van der Waals surface area (Å²) in [5.41, 5.74) is 8.35. The Balaban J connectivity index is 2.04. The molecule has 0 saturated carbocycles. The van der Waals surface area contributed by atoms with E-state index in [1.54, 1.807) is 0 Å². The summed E-state index contributed by atoms with van der Waals surface area (Å²) in [5, 5.41) is 8.64. The van der Waals surface area contributed by atoms with Crippen molar-refractivity contribution in [2.75, 3.05) is 6.54 Å². The summed E-state index contributed by atoms with van der Waals surface area (Å²) in [6, 6.07) is 17.5. The minimum atomic E-state index is 0.343. The van der Waals surface area contributed by atoms with Gasteiger partial charge >= 0.3 is 0 Å². The van der Waals surface area contributed by atoms with Crippen molar-refractivity contribution in [3.63, 3.8) is 0 Å². The lowest BCUT2D eigenvalue weighted by atomic mass is 10.1. The molecule has 0 saturated heterocycles. The van der Waals surface area contributed by atoms with E-state index in [1.807, 2.05) is 48.5 Å². The first-order valence-electron chi connectivity index (χ1n) is 6.69. The summed E-state index contributed by atoms with van der Waals surface area (Å²) in [7, 11) is 0. The normalized spacial score (nSPS) is 9.33. The first-order chi connectivity index (χ1) is 10.3.